The normalized spacial score (nSPS) is 12.7. The van der Waals surface area contributed by atoms with Crippen LogP contribution in [0.1, 0.15) is 73.7 Å². The lowest BCUT2D eigenvalue weighted by Crippen LogP contribution is -2.24. The van der Waals surface area contributed by atoms with Crippen molar-refractivity contribution in [3.05, 3.63) is 75.9 Å². The number of aromatic nitrogens is 2. The van der Waals surface area contributed by atoms with Crippen molar-refractivity contribution in [2.24, 2.45) is 0 Å². The Morgan fingerprint density at radius 3 is 2.41 bits per heavy atom. The van der Waals surface area contributed by atoms with Crippen LogP contribution >= 0.6 is 0 Å². The summed E-state index contributed by atoms with van der Waals surface area (Å²) in [5, 5.41) is 3.80. The first-order valence-corrected chi connectivity index (χ1v) is 8.99. The molecule has 0 saturated heterocycles. The van der Waals surface area contributed by atoms with Gasteiger partial charge in [0.25, 0.3) is 5.89 Å². The number of nitrogens with two attached hydrogens (primary N) is 1. The summed E-state index contributed by atoms with van der Waals surface area (Å²) in [6, 6.07) is 9.30. The minimum atomic E-state index is -0.756. The lowest BCUT2D eigenvalue weighted by molar-refractivity contribution is 0.0431. The van der Waals surface area contributed by atoms with E-state index in [0.29, 0.717) is 11.4 Å². The SMILES string of the molecule is CC(C)c1noc(COC(=O)c2ccc3c(c2N)C(=O)c2ccccc2C3=O)n1. The second-order valence-electron chi connectivity index (χ2n) is 6.93. The molecule has 4 rings (SSSR count). The molecule has 0 unspecified atom stereocenters. The summed E-state index contributed by atoms with van der Waals surface area (Å²) in [7, 11) is 0. The Hall–Kier alpha value is -3.81. The number of ether oxygens (including phenoxy) is 1. The molecule has 1 aromatic heterocycles. The van der Waals surface area contributed by atoms with Gasteiger partial charge in [-0.05, 0) is 12.1 Å². The number of carbonyl (C=O) groups is 3. The quantitative estimate of drug-likeness (QED) is 0.416. The monoisotopic (exact) mass is 391 g/mol. The molecule has 2 N–H and O–H groups in total. The largest absolute Gasteiger partial charge is 0.452 e. The average Bonchev–Trinajstić information content (AvgIpc) is 3.19. The van der Waals surface area contributed by atoms with Gasteiger partial charge in [0.2, 0.25) is 0 Å². The molecule has 8 nitrogen and oxygen atoms in total. The molecule has 0 spiro atoms. The fourth-order valence-electron chi connectivity index (χ4n) is 3.16. The number of fused-ring (bicyclic) bond motifs is 2. The van der Waals surface area contributed by atoms with Crippen LogP contribution in [0.5, 0.6) is 0 Å². The highest BCUT2D eigenvalue weighted by Crippen LogP contribution is 2.33. The number of benzene rings is 2. The van der Waals surface area contributed by atoms with E-state index < -0.39 is 11.8 Å². The Morgan fingerprint density at radius 1 is 1.07 bits per heavy atom. The van der Waals surface area contributed by atoms with E-state index in [4.69, 9.17) is 15.0 Å². The zero-order chi connectivity index (χ0) is 20.7. The summed E-state index contributed by atoms with van der Waals surface area (Å²) < 4.78 is 10.2. The van der Waals surface area contributed by atoms with E-state index >= 15 is 0 Å². The first-order chi connectivity index (χ1) is 13.9. The van der Waals surface area contributed by atoms with Crippen LogP contribution in [-0.4, -0.2) is 27.7 Å². The van der Waals surface area contributed by atoms with E-state index in [0.717, 1.165) is 0 Å². The highest BCUT2D eigenvalue weighted by atomic mass is 16.6. The van der Waals surface area contributed by atoms with Gasteiger partial charge in [-0.3, -0.25) is 9.59 Å². The van der Waals surface area contributed by atoms with Crippen molar-refractivity contribution >= 4 is 23.2 Å². The summed E-state index contributed by atoms with van der Waals surface area (Å²) in [5.74, 6) is -0.736. The molecule has 0 fully saturated rings. The average molecular weight is 391 g/mol. The van der Waals surface area contributed by atoms with Gasteiger partial charge in [0.05, 0.1) is 16.8 Å². The van der Waals surface area contributed by atoms with Crippen molar-refractivity contribution in [3.63, 3.8) is 0 Å². The molecule has 0 atom stereocenters. The van der Waals surface area contributed by atoms with Crippen LogP contribution in [0.3, 0.4) is 0 Å². The van der Waals surface area contributed by atoms with E-state index in [2.05, 4.69) is 10.1 Å². The number of esters is 1. The van der Waals surface area contributed by atoms with Crippen molar-refractivity contribution < 1.29 is 23.6 Å². The van der Waals surface area contributed by atoms with Gasteiger partial charge >= 0.3 is 5.97 Å². The molecule has 0 aliphatic heterocycles. The lowest BCUT2D eigenvalue weighted by Gasteiger charge is -2.20. The van der Waals surface area contributed by atoms with Gasteiger partial charge in [0.1, 0.15) is 0 Å². The molecule has 0 radical (unpaired) electrons. The molecule has 1 heterocycles. The maximum atomic E-state index is 12.9. The van der Waals surface area contributed by atoms with Crippen molar-refractivity contribution in [1.82, 2.24) is 10.1 Å². The number of ketones is 2. The second kappa shape index (κ2) is 6.97. The van der Waals surface area contributed by atoms with Gasteiger partial charge in [-0.25, -0.2) is 4.79 Å². The van der Waals surface area contributed by atoms with Crippen LogP contribution in [0.25, 0.3) is 0 Å². The lowest BCUT2D eigenvalue weighted by atomic mass is 9.82. The fourth-order valence-corrected chi connectivity index (χ4v) is 3.16. The first-order valence-electron chi connectivity index (χ1n) is 8.99. The topological polar surface area (TPSA) is 125 Å². The predicted octanol–water partition coefficient (Wildman–Crippen LogP) is 2.91. The number of carbonyl (C=O) groups excluding carboxylic acids is 3. The Labute approximate surface area is 165 Å². The number of hydrogen-bond acceptors (Lipinski definition) is 8. The number of anilines is 1. The first kappa shape index (κ1) is 18.5. The Bertz CT molecular complexity index is 1160. The van der Waals surface area contributed by atoms with Gasteiger partial charge < -0.3 is 15.0 Å². The number of rotatable bonds is 4. The highest BCUT2D eigenvalue weighted by Gasteiger charge is 2.33. The molecule has 8 heteroatoms. The van der Waals surface area contributed by atoms with E-state index in [-0.39, 0.29) is 52.1 Å². The van der Waals surface area contributed by atoms with Crippen LogP contribution in [-0.2, 0) is 11.3 Å². The summed E-state index contributed by atoms with van der Waals surface area (Å²) in [6.45, 7) is 3.58. The molecule has 0 amide bonds. The van der Waals surface area contributed by atoms with Gasteiger partial charge in [0.15, 0.2) is 24.0 Å². The van der Waals surface area contributed by atoms with Crippen LogP contribution in [0.15, 0.2) is 40.9 Å². The Kier molecular flexibility index (Phi) is 4.46. The molecule has 1 aliphatic carbocycles. The fraction of sp³-hybridized carbons (Fsp3) is 0.190. The molecule has 29 heavy (non-hydrogen) atoms. The third-order valence-corrected chi connectivity index (χ3v) is 4.68. The molecule has 146 valence electrons. The van der Waals surface area contributed by atoms with Gasteiger partial charge in [-0.2, -0.15) is 4.98 Å². The molecular weight excluding hydrogens is 374 g/mol. The number of nitrogens with zero attached hydrogens (tertiary/aromatic N) is 2. The van der Waals surface area contributed by atoms with Crippen molar-refractivity contribution in [2.75, 3.05) is 5.73 Å². The second-order valence-corrected chi connectivity index (χ2v) is 6.93. The van der Waals surface area contributed by atoms with Gasteiger partial charge in [-0.15, -0.1) is 0 Å². The summed E-state index contributed by atoms with van der Waals surface area (Å²) in [4.78, 5) is 42.2. The highest BCUT2D eigenvalue weighted by molar-refractivity contribution is 6.30. The molecule has 0 saturated carbocycles. The summed E-state index contributed by atoms with van der Waals surface area (Å²) >= 11 is 0. The maximum absolute atomic E-state index is 12.9. The van der Waals surface area contributed by atoms with Crippen LogP contribution in [0, 0.1) is 0 Å². The molecule has 0 bridgehead atoms. The summed E-state index contributed by atoms with van der Waals surface area (Å²) in [6.07, 6.45) is 0. The Balaban J connectivity index is 1.62. The third-order valence-electron chi connectivity index (χ3n) is 4.68. The molecule has 3 aromatic rings. The zero-order valence-corrected chi connectivity index (χ0v) is 15.8. The molecule has 1 aliphatic rings. The summed E-state index contributed by atoms with van der Waals surface area (Å²) in [5.41, 5.74) is 6.77. The predicted molar refractivity (Wildman–Crippen MR) is 102 cm³/mol. The van der Waals surface area contributed by atoms with Crippen LogP contribution in [0.4, 0.5) is 5.69 Å². The minimum Gasteiger partial charge on any atom is -0.452 e. The van der Waals surface area contributed by atoms with Crippen molar-refractivity contribution in [2.45, 2.75) is 26.4 Å². The van der Waals surface area contributed by atoms with Crippen LogP contribution < -0.4 is 5.73 Å². The standard InChI is InChI=1S/C21H17N3O5/c1-10(2)20-23-15(29-24-20)9-28-21(27)14-8-7-13-16(17(14)22)19(26)12-6-4-3-5-11(12)18(13)25/h3-8,10H,9,22H2,1-2H3. The van der Waals surface area contributed by atoms with Gasteiger partial charge in [0, 0.05) is 22.6 Å². The van der Waals surface area contributed by atoms with Crippen molar-refractivity contribution in [3.8, 4) is 0 Å². The van der Waals surface area contributed by atoms with Crippen molar-refractivity contribution in [1.29, 1.82) is 0 Å². The van der Waals surface area contributed by atoms with E-state index in [1.54, 1.807) is 24.3 Å². The van der Waals surface area contributed by atoms with Gasteiger partial charge in [-0.1, -0.05) is 43.3 Å². The Morgan fingerprint density at radius 2 is 1.76 bits per heavy atom. The van der Waals surface area contributed by atoms with E-state index in [1.165, 1.54) is 12.1 Å². The number of hydrogen-bond donors (Lipinski definition) is 1. The minimum absolute atomic E-state index is 0.00659. The van der Waals surface area contributed by atoms with E-state index in [9.17, 15) is 14.4 Å². The smallest absolute Gasteiger partial charge is 0.340 e. The molecular formula is C21H17N3O5. The number of nitrogen functional groups attached to an aromatic ring is 1. The molecule has 2 aromatic carbocycles. The maximum Gasteiger partial charge on any atom is 0.340 e. The third kappa shape index (κ3) is 3.08. The van der Waals surface area contributed by atoms with E-state index in [1.807, 2.05) is 13.8 Å². The zero-order valence-electron chi connectivity index (χ0n) is 15.8. The van der Waals surface area contributed by atoms with Crippen LogP contribution in [0.2, 0.25) is 0 Å².